The molecule has 0 saturated carbocycles. The summed E-state index contributed by atoms with van der Waals surface area (Å²) in [5.74, 6) is 1.19. The van der Waals surface area contributed by atoms with Crippen LogP contribution in [0, 0.1) is 6.92 Å². The van der Waals surface area contributed by atoms with Gasteiger partial charge in [0.05, 0.1) is 18.9 Å². The largest absolute Gasteiger partial charge is 0.495 e. The molecule has 2 aromatic rings. The number of anilines is 1. The van der Waals surface area contributed by atoms with Gasteiger partial charge in [-0.2, -0.15) is 0 Å². The van der Waals surface area contributed by atoms with Crippen LogP contribution in [0.3, 0.4) is 0 Å². The fraction of sp³-hybridized carbons (Fsp3) is 0.350. The van der Waals surface area contributed by atoms with E-state index in [0.717, 1.165) is 30.8 Å². The minimum Gasteiger partial charge on any atom is -0.495 e. The standard InChI is InChI=1S/C20H23NO4/c1-14-5-10-19(23-2)18(12-14)21-20(22)15-6-8-16(9-7-15)25-13-17-4-3-11-24-17/h5-10,12,17H,3-4,11,13H2,1-2H3,(H,21,22)/t17-/m0/s1. The predicted octanol–water partition coefficient (Wildman–Crippen LogP) is 3.81. The molecule has 1 amide bonds. The van der Waals surface area contributed by atoms with Gasteiger partial charge in [-0.15, -0.1) is 0 Å². The molecule has 1 aliphatic heterocycles. The number of carbonyl (C=O) groups excluding carboxylic acids is 1. The normalized spacial score (nSPS) is 16.5. The molecule has 1 atom stereocenters. The van der Waals surface area contributed by atoms with Gasteiger partial charge >= 0.3 is 0 Å². The van der Waals surface area contributed by atoms with E-state index in [1.807, 2.05) is 25.1 Å². The molecule has 1 heterocycles. The number of rotatable bonds is 6. The number of hydrogen-bond donors (Lipinski definition) is 1. The van der Waals surface area contributed by atoms with Gasteiger partial charge in [0.2, 0.25) is 0 Å². The van der Waals surface area contributed by atoms with E-state index in [-0.39, 0.29) is 12.0 Å². The number of ether oxygens (including phenoxy) is 3. The first-order valence-electron chi connectivity index (χ1n) is 8.46. The number of hydrogen-bond acceptors (Lipinski definition) is 4. The summed E-state index contributed by atoms with van der Waals surface area (Å²) >= 11 is 0. The van der Waals surface area contributed by atoms with Crippen LogP contribution in [0.5, 0.6) is 11.5 Å². The van der Waals surface area contributed by atoms with Crippen molar-refractivity contribution in [2.24, 2.45) is 0 Å². The average Bonchev–Trinajstić information content (AvgIpc) is 3.14. The third-order valence-electron chi connectivity index (χ3n) is 4.18. The van der Waals surface area contributed by atoms with Gasteiger partial charge in [-0.05, 0) is 61.7 Å². The van der Waals surface area contributed by atoms with Crippen LogP contribution >= 0.6 is 0 Å². The Morgan fingerprint density at radius 1 is 1.24 bits per heavy atom. The van der Waals surface area contributed by atoms with Gasteiger partial charge in [-0.3, -0.25) is 4.79 Å². The lowest BCUT2D eigenvalue weighted by atomic mass is 10.1. The summed E-state index contributed by atoms with van der Waals surface area (Å²) in [5, 5.41) is 2.89. The van der Waals surface area contributed by atoms with Gasteiger partial charge in [0.15, 0.2) is 0 Å². The van der Waals surface area contributed by atoms with Crippen LogP contribution in [0.2, 0.25) is 0 Å². The maximum absolute atomic E-state index is 12.4. The lowest BCUT2D eigenvalue weighted by Gasteiger charge is -2.13. The van der Waals surface area contributed by atoms with Crippen molar-refractivity contribution < 1.29 is 19.0 Å². The van der Waals surface area contributed by atoms with Crippen molar-refractivity contribution >= 4 is 11.6 Å². The van der Waals surface area contributed by atoms with E-state index in [4.69, 9.17) is 14.2 Å². The molecule has 3 rings (SSSR count). The summed E-state index contributed by atoms with van der Waals surface area (Å²) in [5.41, 5.74) is 2.27. The van der Waals surface area contributed by atoms with E-state index in [1.54, 1.807) is 31.4 Å². The van der Waals surface area contributed by atoms with E-state index in [2.05, 4.69) is 5.32 Å². The van der Waals surface area contributed by atoms with Crippen LogP contribution in [-0.4, -0.2) is 32.3 Å². The quantitative estimate of drug-likeness (QED) is 0.868. The molecule has 1 saturated heterocycles. The zero-order chi connectivity index (χ0) is 17.6. The first-order valence-corrected chi connectivity index (χ1v) is 8.46. The third kappa shape index (κ3) is 4.51. The summed E-state index contributed by atoms with van der Waals surface area (Å²) in [7, 11) is 1.58. The summed E-state index contributed by atoms with van der Waals surface area (Å²) in [6.45, 7) is 3.33. The van der Waals surface area contributed by atoms with Crippen molar-refractivity contribution in [2.45, 2.75) is 25.9 Å². The highest BCUT2D eigenvalue weighted by molar-refractivity contribution is 6.05. The van der Waals surface area contributed by atoms with Crippen LogP contribution in [0.25, 0.3) is 0 Å². The molecule has 0 radical (unpaired) electrons. The summed E-state index contributed by atoms with van der Waals surface area (Å²) in [6, 6.07) is 12.8. The Balaban J connectivity index is 1.61. The number of carbonyl (C=O) groups is 1. The van der Waals surface area contributed by atoms with Crippen molar-refractivity contribution in [3.8, 4) is 11.5 Å². The second-order valence-corrected chi connectivity index (χ2v) is 6.13. The second-order valence-electron chi connectivity index (χ2n) is 6.13. The summed E-state index contributed by atoms with van der Waals surface area (Å²) in [6.07, 6.45) is 2.31. The lowest BCUT2D eigenvalue weighted by Crippen LogP contribution is -2.16. The molecule has 0 unspecified atom stereocenters. The number of nitrogens with one attached hydrogen (secondary N) is 1. The molecule has 132 valence electrons. The minimum atomic E-state index is -0.186. The fourth-order valence-corrected chi connectivity index (χ4v) is 2.78. The molecule has 5 nitrogen and oxygen atoms in total. The highest BCUT2D eigenvalue weighted by atomic mass is 16.5. The molecule has 1 fully saturated rings. The highest BCUT2D eigenvalue weighted by Crippen LogP contribution is 2.26. The number of amides is 1. The SMILES string of the molecule is COc1ccc(C)cc1NC(=O)c1ccc(OC[C@@H]2CCCO2)cc1. The predicted molar refractivity (Wildman–Crippen MR) is 96.6 cm³/mol. The van der Waals surface area contributed by atoms with Crippen LogP contribution in [0.1, 0.15) is 28.8 Å². The lowest BCUT2D eigenvalue weighted by molar-refractivity contribution is 0.0679. The number of methoxy groups -OCH3 is 1. The smallest absolute Gasteiger partial charge is 0.255 e. The van der Waals surface area contributed by atoms with Crippen molar-refractivity contribution in [1.29, 1.82) is 0 Å². The molecule has 1 aliphatic rings. The minimum absolute atomic E-state index is 0.178. The van der Waals surface area contributed by atoms with E-state index in [9.17, 15) is 4.79 Å². The van der Waals surface area contributed by atoms with Gasteiger partial charge in [-0.25, -0.2) is 0 Å². The maximum atomic E-state index is 12.4. The van der Waals surface area contributed by atoms with E-state index < -0.39 is 0 Å². The number of benzene rings is 2. The second kappa shape index (κ2) is 8.03. The van der Waals surface area contributed by atoms with Crippen LogP contribution in [0.4, 0.5) is 5.69 Å². The summed E-state index contributed by atoms with van der Waals surface area (Å²) < 4.78 is 16.5. The molecule has 25 heavy (non-hydrogen) atoms. The highest BCUT2D eigenvalue weighted by Gasteiger charge is 2.16. The molecule has 1 N–H and O–H groups in total. The van der Waals surface area contributed by atoms with Gasteiger partial charge in [0.1, 0.15) is 18.1 Å². The Bertz CT molecular complexity index is 721. The maximum Gasteiger partial charge on any atom is 0.255 e. The Hall–Kier alpha value is -2.53. The van der Waals surface area contributed by atoms with E-state index in [1.165, 1.54) is 0 Å². The van der Waals surface area contributed by atoms with Crippen LogP contribution < -0.4 is 14.8 Å². The van der Waals surface area contributed by atoms with Crippen molar-refractivity contribution in [3.05, 3.63) is 53.6 Å². The Morgan fingerprint density at radius 3 is 2.72 bits per heavy atom. The average molecular weight is 341 g/mol. The molecule has 5 heteroatoms. The molecular weight excluding hydrogens is 318 g/mol. The molecule has 2 aromatic carbocycles. The van der Waals surface area contributed by atoms with E-state index in [0.29, 0.717) is 23.6 Å². The monoisotopic (exact) mass is 341 g/mol. The zero-order valence-corrected chi connectivity index (χ0v) is 14.6. The fourth-order valence-electron chi connectivity index (χ4n) is 2.78. The van der Waals surface area contributed by atoms with Crippen molar-refractivity contribution in [3.63, 3.8) is 0 Å². The van der Waals surface area contributed by atoms with Gasteiger partial charge in [0.25, 0.3) is 5.91 Å². The topological polar surface area (TPSA) is 56.8 Å². The van der Waals surface area contributed by atoms with Gasteiger partial charge in [0, 0.05) is 12.2 Å². The molecule has 0 spiro atoms. The van der Waals surface area contributed by atoms with E-state index >= 15 is 0 Å². The Morgan fingerprint density at radius 2 is 2.04 bits per heavy atom. The molecule has 0 aromatic heterocycles. The molecule has 0 aliphatic carbocycles. The Labute approximate surface area is 147 Å². The summed E-state index contributed by atoms with van der Waals surface area (Å²) in [4.78, 5) is 12.4. The Kier molecular flexibility index (Phi) is 5.56. The zero-order valence-electron chi connectivity index (χ0n) is 14.6. The van der Waals surface area contributed by atoms with Gasteiger partial charge in [-0.1, -0.05) is 6.07 Å². The van der Waals surface area contributed by atoms with Crippen molar-refractivity contribution in [2.75, 3.05) is 25.6 Å². The van der Waals surface area contributed by atoms with Crippen molar-refractivity contribution in [1.82, 2.24) is 0 Å². The van der Waals surface area contributed by atoms with Crippen LogP contribution in [-0.2, 0) is 4.74 Å². The molecular formula is C20H23NO4. The van der Waals surface area contributed by atoms with Gasteiger partial charge < -0.3 is 19.5 Å². The number of aryl methyl sites for hydroxylation is 1. The first kappa shape index (κ1) is 17.3. The first-order chi connectivity index (χ1) is 12.2. The van der Waals surface area contributed by atoms with Crippen LogP contribution in [0.15, 0.2) is 42.5 Å². The molecule has 0 bridgehead atoms. The third-order valence-corrected chi connectivity index (χ3v) is 4.18.